The first-order chi connectivity index (χ1) is 10.9. The van der Waals surface area contributed by atoms with Crippen molar-refractivity contribution >= 4 is 17.3 Å². The first-order valence-corrected chi connectivity index (χ1v) is 7.57. The first-order valence-electron chi connectivity index (χ1n) is 7.20. The quantitative estimate of drug-likeness (QED) is 0.771. The van der Waals surface area contributed by atoms with Gasteiger partial charge in [-0.25, -0.2) is 4.98 Å². The standard InChI is InChI=1S/C16H14ClF3N2O/c17-12-9-11(16(18,19)20)10-21-15(12)23-14-6-2-1-5-13(14)22-7-3-4-8-22/h1-2,5-6,9-10H,3-4,7-8H2. The van der Waals surface area contributed by atoms with Gasteiger partial charge in [0.15, 0.2) is 5.75 Å². The number of rotatable bonds is 3. The molecule has 0 saturated carbocycles. The third-order valence-electron chi connectivity index (χ3n) is 3.65. The molecule has 0 spiro atoms. The third-order valence-corrected chi connectivity index (χ3v) is 3.92. The van der Waals surface area contributed by atoms with Crippen LogP contribution in [0.2, 0.25) is 5.02 Å². The van der Waals surface area contributed by atoms with Gasteiger partial charge in [-0.2, -0.15) is 13.2 Å². The molecule has 0 N–H and O–H groups in total. The molecular formula is C16H14ClF3N2O. The van der Waals surface area contributed by atoms with Crippen molar-refractivity contribution in [1.82, 2.24) is 4.98 Å². The van der Waals surface area contributed by atoms with Crippen LogP contribution in [-0.2, 0) is 6.18 Å². The maximum Gasteiger partial charge on any atom is 0.417 e. The summed E-state index contributed by atoms with van der Waals surface area (Å²) < 4.78 is 43.6. The van der Waals surface area contributed by atoms with E-state index in [1.807, 2.05) is 12.1 Å². The molecule has 0 aliphatic carbocycles. The molecule has 3 nitrogen and oxygen atoms in total. The highest BCUT2D eigenvalue weighted by Gasteiger charge is 2.32. The zero-order valence-corrected chi connectivity index (χ0v) is 12.9. The molecule has 122 valence electrons. The smallest absolute Gasteiger partial charge is 0.417 e. The van der Waals surface area contributed by atoms with E-state index in [9.17, 15) is 13.2 Å². The average Bonchev–Trinajstić information content (AvgIpc) is 3.03. The molecule has 1 aliphatic heterocycles. The Bertz CT molecular complexity index is 700. The van der Waals surface area contributed by atoms with Crippen molar-refractivity contribution in [3.8, 4) is 11.6 Å². The number of anilines is 1. The van der Waals surface area contributed by atoms with Crippen LogP contribution in [0, 0.1) is 0 Å². The van der Waals surface area contributed by atoms with Gasteiger partial charge in [0.05, 0.1) is 11.3 Å². The largest absolute Gasteiger partial charge is 0.435 e. The predicted octanol–water partition coefficient (Wildman–Crippen LogP) is 5.15. The molecule has 23 heavy (non-hydrogen) atoms. The Morgan fingerprint density at radius 2 is 1.83 bits per heavy atom. The van der Waals surface area contributed by atoms with Gasteiger partial charge in [-0.3, -0.25) is 0 Å². The number of para-hydroxylation sites is 2. The minimum atomic E-state index is -4.48. The van der Waals surface area contributed by atoms with Crippen LogP contribution in [-0.4, -0.2) is 18.1 Å². The summed E-state index contributed by atoms with van der Waals surface area (Å²) in [5.74, 6) is 0.495. The van der Waals surface area contributed by atoms with Gasteiger partial charge in [0.1, 0.15) is 5.02 Å². The van der Waals surface area contributed by atoms with Crippen LogP contribution in [0.3, 0.4) is 0 Å². The van der Waals surface area contributed by atoms with E-state index >= 15 is 0 Å². The maximum absolute atomic E-state index is 12.6. The molecule has 2 heterocycles. The highest BCUT2D eigenvalue weighted by atomic mass is 35.5. The molecular weight excluding hydrogens is 329 g/mol. The van der Waals surface area contributed by atoms with Gasteiger partial charge in [0.2, 0.25) is 5.88 Å². The molecule has 1 aliphatic rings. The Morgan fingerprint density at radius 1 is 1.13 bits per heavy atom. The van der Waals surface area contributed by atoms with E-state index in [-0.39, 0.29) is 10.9 Å². The van der Waals surface area contributed by atoms with Crippen LogP contribution in [0.25, 0.3) is 0 Å². The number of benzene rings is 1. The molecule has 0 amide bonds. The summed E-state index contributed by atoms with van der Waals surface area (Å²) in [5, 5.41) is -0.170. The predicted molar refractivity (Wildman–Crippen MR) is 82.2 cm³/mol. The highest BCUT2D eigenvalue weighted by molar-refractivity contribution is 6.31. The lowest BCUT2D eigenvalue weighted by Gasteiger charge is -2.21. The number of aromatic nitrogens is 1. The van der Waals surface area contributed by atoms with Crippen LogP contribution >= 0.6 is 11.6 Å². The van der Waals surface area contributed by atoms with Gasteiger partial charge in [0, 0.05) is 19.3 Å². The van der Waals surface area contributed by atoms with Crippen molar-refractivity contribution in [2.75, 3.05) is 18.0 Å². The number of halogens is 4. The second-order valence-electron chi connectivity index (χ2n) is 5.27. The highest BCUT2D eigenvalue weighted by Crippen LogP contribution is 2.38. The van der Waals surface area contributed by atoms with E-state index in [4.69, 9.17) is 16.3 Å². The summed E-state index contributed by atoms with van der Waals surface area (Å²) in [4.78, 5) is 5.89. The topological polar surface area (TPSA) is 25.4 Å². The van der Waals surface area contributed by atoms with Crippen molar-refractivity contribution in [3.05, 3.63) is 47.1 Å². The zero-order valence-electron chi connectivity index (χ0n) is 12.1. The summed E-state index contributed by atoms with van der Waals surface area (Å²) in [6, 6.07) is 8.18. The number of ether oxygens (including phenoxy) is 1. The Morgan fingerprint density at radius 3 is 2.48 bits per heavy atom. The molecule has 0 radical (unpaired) electrons. The number of hydrogen-bond acceptors (Lipinski definition) is 3. The lowest BCUT2D eigenvalue weighted by atomic mass is 10.2. The van der Waals surface area contributed by atoms with E-state index in [1.165, 1.54) is 0 Å². The van der Waals surface area contributed by atoms with Gasteiger partial charge >= 0.3 is 6.18 Å². The molecule has 0 bridgehead atoms. The summed E-state index contributed by atoms with van der Waals surface area (Å²) in [5.41, 5.74) is -0.00885. The van der Waals surface area contributed by atoms with Crippen molar-refractivity contribution in [1.29, 1.82) is 0 Å². The van der Waals surface area contributed by atoms with Crippen molar-refractivity contribution < 1.29 is 17.9 Å². The third kappa shape index (κ3) is 3.52. The van der Waals surface area contributed by atoms with Gasteiger partial charge < -0.3 is 9.64 Å². The Hall–Kier alpha value is -1.95. The minimum Gasteiger partial charge on any atom is -0.435 e. The summed E-state index contributed by atoms with van der Waals surface area (Å²) >= 11 is 5.90. The molecule has 7 heteroatoms. The zero-order chi connectivity index (χ0) is 16.4. The lowest BCUT2D eigenvalue weighted by molar-refractivity contribution is -0.137. The Labute approximate surface area is 136 Å². The Balaban J connectivity index is 1.88. The minimum absolute atomic E-state index is 0.0358. The summed E-state index contributed by atoms with van der Waals surface area (Å²) in [6.45, 7) is 1.85. The maximum atomic E-state index is 12.6. The van der Waals surface area contributed by atoms with Crippen molar-refractivity contribution in [2.45, 2.75) is 19.0 Å². The molecule has 1 aromatic carbocycles. The molecule has 0 atom stereocenters. The fourth-order valence-corrected chi connectivity index (χ4v) is 2.73. The van der Waals surface area contributed by atoms with Crippen LogP contribution in [0.5, 0.6) is 11.6 Å². The average molecular weight is 343 g/mol. The molecule has 2 aromatic rings. The van der Waals surface area contributed by atoms with Crippen LogP contribution < -0.4 is 9.64 Å². The van der Waals surface area contributed by atoms with Crippen LogP contribution in [0.4, 0.5) is 18.9 Å². The van der Waals surface area contributed by atoms with E-state index in [2.05, 4.69) is 9.88 Å². The van der Waals surface area contributed by atoms with Crippen LogP contribution in [0.15, 0.2) is 36.5 Å². The van der Waals surface area contributed by atoms with Gasteiger partial charge in [-0.15, -0.1) is 0 Å². The van der Waals surface area contributed by atoms with Crippen molar-refractivity contribution in [3.63, 3.8) is 0 Å². The van der Waals surface area contributed by atoms with E-state index in [0.717, 1.165) is 43.9 Å². The van der Waals surface area contributed by atoms with Gasteiger partial charge in [0.25, 0.3) is 0 Å². The molecule has 1 saturated heterocycles. The Kier molecular flexibility index (Phi) is 4.35. The lowest BCUT2D eigenvalue weighted by Crippen LogP contribution is -2.18. The fourth-order valence-electron chi connectivity index (χ4n) is 2.52. The first kappa shape index (κ1) is 15.9. The monoisotopic (exact) mass is 342 g/mol. The second kappa shape index (κ2) is 6.28. The van der Waals surface area contributed by atoms with Gasteiger partial charge in [-0.1, -0.05) is 23.7 Å². The molecule has 1 aromatic heterocycles. The number of hydrogen-bond donors (Lipinski definition) is 0. The van der Waals surface area contributed by atoms with E-state index in [0.29, 0.717) is 5.75 Å². The number of alkyl halides is 3. The van der Waals surface area contributed by atoms with Crippen molar-refractivity contribution in [2.24, 2.45) is 0 Å². The molecule has 0 unspecified atom stereocenters. The molecule has 3 rings (SSSR count). The SMILES string of the molecule is FC(F)(F)c1cnc(Oc2ccccc2N2CCCC2)c(Cl)c1. The van der Waals surface area contributed by atoms with E-state index < -0.39 is 11.7 Å². The van der Waals surface area contributed by atoms with Crippen LogP contribution in [0.1, 0.15) is 18.4 Å². The number of pyridine rings is 1. The van der Waals surface area contributed by atoms with Gasteiger partial charge in [-0.05, 0) is 31.0 Å². The number of nitrogens with zero attached hydrogens (tertiary/aromatic N) is 2. The molecule has 1 fully saturated rings. The summed E-state index contributed by atoms with van der Waals surface area (Å²) in [7, 11) is 0. The van der Waals surface area contributed by atoms with E-state index in [1.54, 1.807) is 12.1 Å². The summed E-state index contributed by atoms with van der Waals surface area (Å²) in [6.07, 6.45) is -1.55. The second-order valence-corrected chi connectivity index (χ2v) is 5.68. The fraction of sp³-hybridized carbons (Fsp3) is 0.312. The normalized spacial score (nSPS) is 15.0.